The number of aromatic nitrogens is 2. The Hall–Kier alpha value is -3.87. The van der Waals surface area contributed by atoms with Crippen molar-refractivity contribution in [2.24, 2.45) is 0 Å². The average Bonchev–Trinajstić information content (AvgIpc) is 3.38. The lowest BCUT2D eigenvalue weighted by Crippen LogP contribution is -2.26. The molecule has 4 aromatic rings. The van der Waals surface area contributed by atoms with Gasteiger partial charge in [-0.3, -0.25) is 14.3 Å². The van der Waals surface area contributed by atoms with E-state index in [-0.39, 0.29) is 17.6 Å². The predicted octanol–water partition coefficient (Wildman–Crippen LogP) is 3.94. The van der Waals surface area contributed by atoms with Gasteiger partial charge in [0.15, 0.2) is 5.76 Å². The molecule has 4 rings (SSSR count). The second-order valence-corrected chi connectivity index (χ2v) is 7.46. The van der Waals surface area contributed by atoms with E-state index in [4.69, 9.17) is 4.42 Å². The Kier molecular flexibility index (Phi) is 6.12. The number of para-hydroxylation sites is 1. The molecule has 158 valence electrons. The molecule has 31 heavy (non-hydrogen) atoms. The molecule has 0 radical (unpaired) electrons. The first-order chi connectivity index (χ1) is 15.1. The van der Waals surface area contributed by atoms with Crippen LogP contribution in [0.1, 0.15) is 28.1 Å². The largest absolute Gasteiger partial charge is 0.451 e. The van der Waals surface area contributed by atoms with Crippen molar-refractivity contribution < 1.29 is 14.0 Å². The Morgan fingerprint density at radius 3 is 2.65 bits per heavy atom. The van der Waals surface area contributed by atoms with Crippen LogP contribution in [0.2, 0.25) is 0 Å². The molecule has 2 aromatic carbocycles. The molecule has 7 heteroatoms. The number of carbonyl (C=O) groups is 2. The maximum atomic E-state index is 12.4. The third kappa shape index (κ3) is 5.39. The maximum absolute atomic E-state index is 12.4. The zero-order chi connectivity index (χ0) is 21.6. The smallest absolute Gasteiger partial charge is 0.291 e. The SMILES string of the molecule is Cc1cnn(CCCNC(=O)Cc2ccc(NC(=O)c3cc4ccccc4o3)cc2)c1. The maximum Gasteiger partial charge on any atom is 0.291 e. The molecule has 0 aliphatic heterocycles. The third-order valence-corrected chi connectivity index (χ3v) is 4.87. The van der Waals surface area contributed by atoms with Crippen molar-refractivity contribution in [2.75, 3.05) is 11.9 Å². The van der Waals surface area contributed by atoms with Gasteiger partial charge in [-0.2, -0.15) is 5.10 Å². The summed E-state index contributed by atoms with van der Waals surface area (Å²) in [4.78, 5) is 24.6. The van der Waals surface area contributed by atoms with Crippen molar-refractivity contribution in [3.63, 3.8) is 0 Å². The van der Waals surface area contributed by atoms with Crippen LogP contribution in [0.25, 0.3) is 11.0 Å². The van der Waals surface area contributed by atoms with E-state index in [1.807, 2.05) is 60.4 Å². The molecule has 0 atom stereocenters. The van der Waals surface area contributed by atoms with Gasteiger partial charge in [-0.15, -0.1) is 0 Å². The van der Waals surface area contributed by atoms with Gasteiger partial charge in [-0.05, 0) is 48.7 Å². The van der Waals surface area contributed by atoms with Gasteiger partial charge < -0.3 is 15.1 Å². The summed E-state index contributed by atoms with van der Waals surface area (Å²) in [5.74, 6) is -0.0836. The minimum atomic E-state index is -0.311. The molecular weight excluding hydrogens is 392 g/mol. The van der Waals surface area contributed by atoms with Crippen LogP contribution in [0.4, 0.5) is 5.69 Å². The van der Waals surface area contributed by atoms with Gasteiger partial charge in [0.1, 0.15) is 5.58 Å². The number of nitrogens with one attached hydrogen (secondary N) is 2. The molecule has 0 bridgehead atoms. The average molecular weight is 416 g/mol. The summed E-state index contributed by atoms with van der Waals surface area (Å²) < 4.78 is 7.46. The van der Waals surface area contributed by atoms with Crippen LogP contribution in [0, 0.1) is 6.92 Å². The van der Waals surface area contributed by atoms with Gasteiger partial charge in [0.2, 0.25) is 5.91 Å². The molecule has 7 nitrogen and oxygen atoms in total. The molecule has 0 fully saturated rings. The van der Waals surface area contributed by atoms with E-state index in [2.05, 4.69) is 15.7 Å². The van der Waals surface area contributed by atoms with Gasteiger partial charge in [0.25, 0.3) is 5.91 Å². The van der Waals surface area contributed by atoms with Crippen LogP contribution in [-0.4, -0.2) is 28.1 Å². The Morgan fingerprint density at radius 2 is 1.90 bits per heavy atom. The van der Waals surface area contributed by atoms with Crippen LogP contribution in [0.5, 0.6) is 0 Å². The molecule has 0 aliphatic carbocycles. The van der Waals surface area contributed by atoms with E-state index in [1.54, 1.807) is 18.2 Å². The predicted molar refractivity (Wildman–Crippen MR) is 119 cm³/mol. The third-order valence-electron chi connectivity index (χ3n) is 4.87. The molecule has 2 amide bonds. The lowest BCUT2D eigenvalue weighted by atomic mass is 10.1. The summed E-state index contributed by atoms with van der Waals surface area (Å²) in [7, 11) is 0. The van der Waals surface area contributed by atoms with Gasteiger partial charge in [-0.1, -0.05) is 30.3 Å². The highest BCUT2D eigenvalue weighted by Gasteiger charge is 2.12. The Bertz CT molecular complexity index is 1160. The fourth-order valence-corrected chi connectivity index (χ4v) is 3.30. The lowest BCUT2D eigenvalue weighted by Gasteiger charge is -2.07. The number of benzene rings is 2. The second kappa shape index (κ2) is 9.30. The summed E-state index contributed by atoms with van der Waals surface area (Å²) in [6, 6.07) is 16.4. The zero-order valence-electron chi connectivity index (χ0n) is 17.3. The highest BCUT2D eigenvalue weighted by Crippen LogP contribution is 2.20. The Labute approximate surface area is 180 Å². The van der Waals surface area contributed by atoms with Crippen LogP contribution in [-0.2, 0) is 17.8 Å². The number of anilines is 1. The summed E-state index contributed by atoms with van der Waals surface area (Å²) in [5, 5.41) is 10.9. The Morgan fingerprint density at radius 1 is 1.10 bits per heavy atom. The number of aryl methyl sites for hydroxylation is 2. The molecule has 0 saturated carbocycles. The van der Waals surface area contributed by atoms with Crippen molar-refractivity contribution in [3.05, 3.63) is 83.9 Å². The van der Waals surface area contributed by atoms with Crippen LogP contribution in [0.15, 0.2) is 71.4 Å². The number of hydrogen-bond donors (Lipinski definition) is 2. The number of carbonyl (C=O) groups excluding carboxylic acids is 2. The minimum Gasteiger partial charge on any atom is -0.451 e. The van der Waals surface area contributed by atoms with Crippen LogP contribution in [0.3, 0.4) is 0 Å². The first-order valence-electron chi connectivity index (χ1n) is 10.2. The van der Waals surface area contributed by atoms with E-state index in [9.17, 15) is 9.59 Å². The fraction of sp³-hybridized carbons (Fsp3) is 0.208. The number of hydrogen-bond acceptors (Lipinski definition) is 4. The Balaban J connectivity index is 1.23. The van der Waals surface area contributed by atoms with Crippen molar-refractivity contribution in [2.45, 2.75) is 26.3 Å². The summed E-state index contributed by atoms with van der Waals surface area (Å²) in [5.41, 5.74) is 3.32. The first kappa shape index (κ1) is 20.4. The van der Waals surface area contributed by atoms with Crippen molar-refractivity contribution in [3.8, 4) is 0 Å². The molecule has 2 N–H and O–H groups in total. The molecule has 2 heterocycles. The van der Waals surface area contributed by atoms with Crippen molar-refractivity contribution in [1.82, 2.24) is 15.1 Å². The van der Waals surface area contributed by atoms with Gasteiger partial charge >= 0.3 is 0 Å². The summed E-state index contributed by atoms with van der Waals surface area (Å²) >= 11 is 0. The van der Waals surface area contributed by atoms with E-state index < -0.39 is 0 Å². The molecule has 0 unspecified atom stereocenters. The second-order valence-electron chi connectivity index (χ2n) is 7.46. The summed E-state index contributed by atoms with van der Waals surface area (Å²) in [6.45, 7) is 3.37. The van der Waals surface area contributed by atoms with Gasteiger partial charge in [0.05, 0.1) is 12.6 Å². The van der Waals surface area contributed by atoms with Gasteiger partial charge in [-0.25, -0.2) is 0 Å². The number of fused-ring (bicyclic) bond motifs is 1. The van der Waals surface area contributed by atoms with E-state index in [0.29, 0.717) is 24.2 Å². The first-order valence-corrected chi connectivity index (χ1v) is 10.2. The van der Waals surface area contributed by atoms with Crippen LogP contribution >= 0.6 is 0 Å². The topological polar surface area (TPSA) is 89.2 Å². The van der Waals surface area contributed by atoms with E-state index >= 15 is 0 Å². The standard InChI is InChI=1S/C24H24N4O3/c1-17-15-26-28(16-17)12-4-11-25-23(29)13-18-7-9-20(10-8-18)27-24(30)22-14-19-5-2-3-6-21(19)31-22/h2-3,5-10,14-16H,4,11-13H2,1H3,(H,25,29)(H,27,30). The quantitative estimate of drug-likeness (QED) is 0.426. The summed E-state index contributed by atoms with van der Waals surface area (Å²) in [6.07, 6.45) is 4.91. The molecule has 0 saturated heterocycles. The van der Waals surface area contributed by atoms with Crippen LogP contribution < -0.4 is 10.6 Å². The normalized spacial score (nSPS) is 10.9. The monoisotopic (exact) mass is 416 g/mol. The fourth-order valence-electron chi connectivity index (χ4n) is 3.30. The molecule has 2 aromatic heterocycles. The molecular formula is C24H24N4O3. The highest BCUT2D eigenvalue weighted by atomic mass is 16.3. The lowest BCUT2D eigenvalue weighted by molar-refractivity contribution is -0.120. The molecule has 0 aliphatic rings. The number of rotatable bonds is 8. The molecule has 0 spiro atoms. The highest BCUT2D eigenvalue weighted by molar-refractivity contribution is 6.04. The van der Waals surface area contributed by atoms with E-state index in [0.717, 1.165) is 29.5 Å². The van der Waals surface area contributed by atoms with Crippen molar-refractivity contribution >= 4 is 28.5 Å². The van der Waals surface area contributed by atoms with Crippen molar-refractivity contribution in [1.29, 1.82) is 0 Å². The number of amides is 2. The van der Waals surface area contributed by atoms with E-state index in [1.165, 1.54) is 0 Å². The number of furan rings is 1. The number of nitrogens with zero attached hydrogens (tertiary/aromatic N) is 2. The minimum absolute atomic E-state index is 0.0318. The zero-order valence-corrected chi connectivity index (χ0v) is 17.3. The van der Waals surface area contributed by atoms with Gasteiger partial charge in [0, 0.05) is 30.4 Å².